The van der Waals surface area contributed by atoms with Crippen molar-refractivity contribution < 1.29 is 0 Å². The molecule has 2 rings (SSSR count). The zero-order valence-corrected chi connectivity index (χ0v) is 13.5. The van der Waals surface area contributed by atoms with E-state index < -0.39 is 0 Å². The average Bonchev–Trinajstić information content (AvgIpc) is 3.04. The molecule has 1 N–H and O–H groups in total. The highest BCUT2D eigenvalue weighted by Gasteiger charge is 2.35. The molecule has 0 spiro atoms. The van der Waals surface area contributed by atoms with Crippen molar-refractivity contribution in [3.63, 3.8) is 0 Å². The van der Waals surface area contributed by atoms with E-state index >= 15 is 0 Å². The van der Waals surface area contributed by atoms with Crippen LogP contribution in [0.5, 0.6) is 0 Å². The Kier molecular flexibility index (Phi) is 5.22. The van der Waals surface area contributed by atoms with E-state index in [1.54, 1.807) is 0 Å². The predicted octanol–water partition coefficient (Wildman–Crippen LogP) is 2.43. The first-order valence-electron chi connectivity index (χ1n) is 7.92. The van der Waals surface area contributed by atoms with Crippen molar-refractivity contribution >= 4 is 0 Å². The van der Waals surface area contributed by atoms with Crippen LogP contribution in [0, 0.1) is 6.92 Å². The number of imidazole rings is 1. The SMILES string of the molecule is Cc1nccn1CC[C@H](C)NCC1(N(C)C)CCCC1. The van der Waals surface area contributed by atoms with Gasteiger partial charge in [-0.2, -0.15) is 0 Å². The second-order valence-electron chi connectivity index (χ2n) is 6.56. The summed E-state index contributed by atoms with van der Waals surface area (Å²) < 4.78 is 2.23. The van der Waals surface area contributed by atoms with Gasteiger partial charge >= 0.3 is 0 Å². The number of nitrogens with one attached hydrogen (secondary N) is 1. The standard InChI is InChI=1S/C16H30N4/c1-14(7-11-20-12-10-17-15(20)2)18-13-16(19(3)4)8-5-6-9-16/h10,12,14,18H,5-9,11,13H2,1-4H3/t14-/m0/s1. The Hall–Kier alpha value is -0.870. The largest absolute Gasteiger partial charge is 0.335 e. The topological polar surface area (TPSA) is 33.1 Å². The van der Waals surface area contributed by atoms with E-state index in [-0.39, 0.29) is 0 Å². The number of aromatic nitrogens is 2. The third-order valence-corrected chi connectivity index (χ3v) is 4.99. The lowest BCUT2D eigenvalue weighted by atomic mass is 9.95. The van der Waals surface area contributed by atoms with E-state index in [1.807, 2.05) is 6.20 Å². The molecule has 20 heavy (non-hydrogen) atoms. The zero-order valence-electron chi connectivity index (χ0n) is 13.5. The summed E-state index contributed by atoms with van der Waals surface area (Å²) in [7, 11) is 4.46. The van der Waals surface area contributed by atoms with Gasteiger partial charge in [0.15, 0.2) is 0 Å². The van der Waals surface area contributed by atoms with E-state index in [2.05, 4.69) is 53.9 Å². The predicted molar refractivity (Wildman–Crippen MR) is 83.9 cm³/mol. The number of hydrogen-bond acceptors (Lipinski definition) is 3. The summed E-state index contributed by atoms with van der Waals surface area (Å²) in [5, 5.41) is 3.75. The van der Waals surface area contributed by atoms with Crippen molar-refractivity contribution in [2.75, 3.05) is 20.6 Å². The highest BCUT2D eigenvalue weighted by Crippen LogP contribution is 2.33. The van der Waals surface area contributed by atoms with Gasteiger partial charge in [-0.25, -0.2) is 4.98 Å². The molecule has 0 amide bonds. The fourth-order valence-corrected chi connectivity index (χ4v) is 3.25. The van der Waals surface area contributed by atoms with Crippen molar-refractivity contribution in [1.82, 2.24) is 19.8 Å². The molecule has 0 aromatic carbocycles. The van der Waals surface area contributed by atoms with Gasteiger partial charge in [0, 0.05) is 37.1 Å². The lowest BCUT2D eigenvalue weighted by molar-refractivity contribution is 0.149. The first-order chi connectivity index (χ1) is 9.53. The van der Waals surface area contributed by atoms with Crippen LogP contribution >= 0.6 is 0 Å². The van der Waals surface area contributed by atoms with Gasteiger partial charge in [-0.3, -0.25) is 0 Å². The lowest BCUT2D eigenvalue weighted by Crippen LogP contribution is -2.51. The lowest BCUT2D eigenvalue weighted by Gasteiger charge is -2.37. The molecule has 1 saturated carbocycles. The molecule has 4 nitrogen and oxygen atoms in total. The van der Waals surface area contributed by atoms with Crippen LogP contribution in [0.1, 0.15) is 44.9 Å². The molecule has 0 bridgehead atoms. The minimum atomic E-state index is 0.388. The first-order valence-corrected chi connectivity index (χ1v) is 7.92. The zero-order chi connectivity index (χ0) is 14.6. The van der Waals surface area contributed by atoms with Crippen LogP contribution in [0.4, 0.5) is 0 Å². The molecule has 0 radical (unpaired) electrons. The molecule has 114 valence electrons. The van der Waals surface area contributed by atoms with Crippen LogP contribution < -0.4 is 5.32 Å². The Morgan fingerprint density at radius 3 is 2.65 bits per heavy atom. The Labute approximate surface area is 123 Å². The molecule has 1 atom stereocenters. The summed E-state index contributed by atoms with van der Waals surface area (Å²) in [5.41, 5.74) is 0.388. The van der Waals surface area contributed by atoms with Crippen LogP contribution in [-0.4, -0.2) is 46.7 Å². The number of hydrogen-bond donors (Lipinski definition) is 1. The second-order valence-corrected chi connectivity index (χ2v) is 6.56. The van der Waals surface area contributed by atoms with Gasteiger partial charge in [-0.1, -0.05) is 12.8 Å². The minimum Gasteiger partial charge on any atom is -0.335 e. The summed E-state index contributed by atoms with van der Waals surface area (Å²) in [6.45, 7) is 6.53. The highest BCUT2D eigenvalue weighted by molar-refractivity contribution is 4.95. The monoisotopic (exact) mass is 278 g/mol. The van der Waals surface area contributed by atoms with Gasteiger partial charge in [-0.15, -0.1) is 0 Å². The maximum atomic E-state index is 4.27. The van der Waals surface area contributed by atoms with Crippen LogP contribution in [0.3, 0.4) is 0 Å². The van der Waals surface area contributed by atoms with E-state index in [4.69, 9.17) is 0 Å². The summed E-state index contributed by atoms with van der Waals surface area (Å²) in [4.78, 5) is 6.70. The van der Waals surface area contributed by atoms with Crippen molar-refractivity contribution in [2.24, 2.45) is 0 Å². The average molecular weight is 278 g/mol. The number of likely N-dealkylation sites (N-methyl/N-ethyl adjacent to an activating group) is 1. The van der Waals surface area contributed by atoms with E-state index in [9.17, 15) is 0 Å². The molecule has 1 heterocycles. The summed E-state index contributed by atoms with van der Waals surface area (Å²) in [6, 6.07) is 0.550. The van der Waals surface area contributed by atoms with Crippen molar-refractivity contribution in [3.8, 4) is 0 Å². The third kappa shape index (κ3) is 3.61. The first kappa shape index (κ1) is 15.5. The minimum absolute atomic E-state index is 0.388. The molecule has 1 aliphatic rings. The van der Waals surface area contributed by atoms with E-state index in [1.165, 1.54) is 25.7 Å². The Balaban J connectivity index is 1.77. The van der Waals surface area contributed by atoms with Crippen molar-refractivity contribution in [2.45, 2.75) is 64.1 Å². The number of nitrogens with zero attached hydrogens (tertiary/aromatic N) is 3. The summed E-state index contributed by atoms with van der Waals surface area (Å²) in [6.07, 6.45) is 10.5. The van der Waals surface area contributed by atoms with E-state index in [0.29, 0.717) is 11.6 Å². The molecule has 1 fully saturated rings. The van der Waals surface area contributed by atoms with Gasteiger partial charge in [0.2, 0.25) is 0 Å². The molecule has 0 unspecified atom stereocenters. The van der Waals surface area contributed by atoms with Crippen molar-refractivity contribution in [1.29, 1.82) is 0 Å². The number of aryl methyl sites for hydroxylation is 2. The Morgan fingerprint density at radius 1 is 1.40 bits per heavy atom. The van der Waals surface area contributed by atoms with Gasteiger partial charge < -0.3 is 14.8 Å². The molecule has 4 heteroatoms. The Bertz CT molecular complexity index is 404. The fourth-order valence-electron chi connectivity index (χ4n) is 3.25. The maximum Gasteiger partial charge on any atom is 0.105 e. The summed E-state index contributed by atoms with van der Waals surface area (Å²) in [5.74, 6) is 1.11. The molecule has 0 saturated heterocycles. The normalized spacial score (nSPS) is 19.6. The van der Waals surface area contributed by atoms with Gasteiger partial charge in [0.05, 0.1) is 0 Å². The van der Waals surface area contributed by atoms with Crippen LogP contribution in [0.2, 0.25) is 0 Å². The second kappa shape index (κ2) is 6.72. The third-order valence-electron chi connectivity index (χ3n) is 4.99. The quantitative estimate of drug-likeness (QED) is 0.831. The van der Waals surface area contributed by atoms with Crippen LogP contribution in [-0.2, 0) is 6.54 Å². The number of rotatable bonds is 7. The van der Waals surface area contributed by atoms with Gasteiger partial charge in [0.1, 0.15) is 5.82 Å². The molecule has 1 aliphatic carbocycles. The molecular formula is C16H30N4. The Morgan fingerprint density at radius 2 is 2.10 bits per heavy atom. The maximum absolute atomic E-state index is 4.27. The fraction of sp³-hybridized carbons (Fsp3) is 0.812. The van der Waals surface area contributed by atoms with Crippen molar-refractivity contribution in [3.05, 3.63) is 18.2 Å². The molecule has 0 aliphatic heterocycles. The van der Waals surface area contributed by atoms with Crippen LogP contribution in [0.15, 0.2) is 12.4 Å². The van der Waals surface area contributed by atoms with Gasteiger partial charge in [-0.05, 0) is 47.2 Å². The molecule has 1 aromatic heterocycles. The smallest absolute Gasteiger partial charge is 0.105 e. The highest BCUT2D eigenvalue weighted by atomic mass is 15.2. The van der Waals surface area contributed by atoms with Gasteiger partial charge in [0.25, 0.3) is 0 Å². The molecule has 1 aromatic rings. The molecular weight excluding hydrogens is 248 g/mol. The van der Waals surface area contributed by atoms with E-state index in [0.717, 1.165) is 25.3 Å². The summed E-state index contributed by atoms with van der Waals surface area (Å²) >= 11 is 0. The van der Waals surface area contributed by atoms with Crippen LogP contribution in [0.25, 0.3) is 0 Å².